The molecule has 3 nitrogen and oxygen atoms in total. The standard InChI is InChI=1S/C16H16F3NO2/c1-10-8-14(15-21-6-7-22-15)11(2)20(10)13-5-3-4-12(9-13)16(17,18)19/h3-5,8-9,15H,6-7H2,1-2H3. The van der Waals surface area contributed by atoms with Crippen LogP contribution < -0.4 is 0 Å². The van der Waals surface area contributed by atoms with Crippen LogP contribution >= 0.6 is 0 Å². The Labute approximate surface area is 126 Å². The Morgan fingerprint density at radius 2 is 1.77 bits per heavy atom. The number of alkyl halides is 3. The predicted molar refractivity (Wildman–Crippen MR) is 74.9 cm³/mol. The van der Waals surface area contributed by atoms with E-state index >= 15 is 0 Å². The van der Waals surface area contributed by atoms with Gasteiger partial charge in [0.25, 0.3) is 0 Å². The third kappa shape index (κ3) is 2.64. The molecule has 0 radical (unpaired) electrons. The van der Waals surface area contributed by atoms with Crippen molar-refractivity contribution in [3.05, 3.63) is 52.8 Å². The summed E-state index contributed by atoms with van der Waals surface area (Å²) in [6, 6.07) is 7.20. The molecule has 1 aliphatic rings. The molecule has 0 atom stereocenters. The molecule has 1 saturated heterocycles. The van der Waals surface area contributed by atoms with Crippen molar-refractivity contribution in [1.29, 1.82) is 0 Å². The van der Waals surface area contributed by atoms with Crippen molar-refractivity contribution < 1.29 is 22.6 Å². The fourth-order valence-corrected chi connectivity index (χ4v) is 2.78. The minimum atomic E-state index is -4.36. The maximum absolute atomic E-state index is 12.9. The van der Waals surface area contributed by atoms with Crippen molar-refractivity contribution in [3.8, 4) is 5.69 Å². The lowest BCUT2D eigenvalue weighted by molar-refractivity contribution is -0.137. The van der Waals surface area contributed by atoms with Gasteiger partial charge in [0.1, 0.15) is 0 Å². The quantitative estimate of drug-likeness (QED) is 0.831. The summed E-state index contributed by atoms with van der Waals surface area (Å²) in [5, 5.41) is 0. The van der Waals surface area contributed by atoms with E-state index in [1.807, 2.05) is 19.9 Å². The topological polar surface area (TPSA) is 23.4 Å². The predicted octanol–water partition coefficient (Wildman–Crippen LogP) is 4.16. The summed E-state index contributed by atoms with van der Waals surface area (Å²) < 4.78 is 51.4. The lowest BCUT2D eigenvalue weighted by atomic mass is 10.2. The number of hydrogen-bond acceptors (Lipinski definition) is 2. The van der Waals surface area contributed by atoms with Crippen molar-refractivity contribution in [2.24, 2.45) is 0 Å². The van der Waals surface area contributed by atoms with Crippen LogP contribution in [0.5, 0.6) is 0 Å². The molecule has 0 saturated carbocycles. The van der Waals surface area contributed by atoms with E-state index in [2.05, 4.69) is 0 Å². The monoisotopic (exact) mass is 311 g/mol. The molecule has 0 N–H and O–H groups in total. The highest BCUT2D eigenvalue weighted by Gasteiger charge is 2.31. The zero-order valence-electron chi connectivity index (χ0n) is 12.3. The second-order valence-electron chi connectivity index (χ2n) is 5.28. The molecule has 2 heterocycles. The van der Waals surface area contributed by atoms with Crippen LogP contribution in [0.3, 0.4) is 0 Å². The van der Waals surface area contributed by atoms with E-state index in [9.17, 15) is 13.2 Å². The minimum absolute atomic E-state index is 0.439. The van der Waals surface area contributed by atoms with Gasteiger partial charge in [-0.05, 0) is 38.1 Å². The summed E-state index contributed by atoms with van der Waals surface area (Å²) in [5.41, 5.74) is 2.34. The first-order valence-corrected chi connectivity index (χ1v) is 6.97. The van der Waals surface area contributed by atoms with E-state index in [4.69, 9.17) is 9.47 Å². The molecule has 22 heavy (non-hydrogen) atoms. The molecule has 0 aliphatic carbocycles. The highest BCUT2D eigenvalue weighted by Crippen LogP contribution is 2.33. The molecule has 1 aromatic carbocycles. The van der Waals surface area contributed by atoms with E-state index in [1.165, 1.54) is 6.07 Å². The number of nitrogens with zero attached hydrogens (tertiary/aromatic N) is 1. The Bertz CT molecular complexity index is 685. The first-order valence-electron chi connectivity index (χ1n) is 6.97. The lowest BCUT2D eigenvalue weighted by Crippen LogP contribution is -2.07. The Morgan fingerprint density at radius 1 is 1.09 bits per heavy atom. The average molecular weight is 311 g/mol. The van der Waals surface area contributed by atoms with E-state index in [1.54, 1.807) is 10.6 Å². The van der Waals surface area contributed by atoms with Gasteiger partial charge < -0.3 is 14.0 Å². The molecule has 6 heteroatoms. The zero-order chi connectivity index (χ0) is 15.9. The number of ether oxygens (including phenoxy) is 2. The van der Waals surface area contributed by atoms with Gasteiger partial charge in [0.2, 0.25) is 0 Å². The summed E-state index contributed by atoms with van der Waals surface area (Å²) in [7, 11) is 0. The normalized spacial score (nSPS) is 16.4. The summed E-state index contributed by atoms with van der Waals surface area (Å²) in [6.07, 6.45) is -4.79. The van der Waals surface area contributed by atoms with Crippen molar-refractivity contribution in [3.63, 3.8) is 0 Å². The average Bonchev–Trinajstić information content (AvgIpc) is 3.06. The first-order chi connectivity index (χ1) is 10.4. The van der Waals surface area contributed by atoms with Gasteiger partial charge >= 0.3 is 6.18 Å². The molecule has 0 unspecified atom stereocenters. The van der Waals surface area contributed by atoms with Gasteiger partial charge in [0.05, 0.1) is 18.8 Å². The van der Waals surface area contributed by atoms with Crippen LogP contribution in [0, 0.1) is 13.8 Å². The second kappa shape index (κ2) is 5.44. The largest absolute Gasteiger partial charge is 0.416 e. The molecule has 0 amide bonds. The van der Waals surface area contributed by atoms with Gasteiger partial charge in [0.15, 0.2) is 6.29 Å². The molecule has 118 valence electrons. The van der Waals surface area contributed by atoms with Gasteiger partial charge in [-0.3, -0.25) is 0 Å². The first kappa shape index (κ1) is 15.1. The van der Waals surface area contributed by atoms with E-state index < -0.39 is 18.0 Å². The Balaban J connectivity index is 2.05. The van der Waals surface area contributed by atoms with Crippen molar-refractivity contribution >= 4 is 0 Å². The summed E-state index contributed by atoms with van der Waals surface area (Å²) in [5.74, 6) is 0. The van der Waals surface area contributed by atoms with Crippen LogP contribution in [0.25, 0.3) is 5.69 Å². The molecule has 1 aliphatic heterocycles. The third-order valence-electron chi connectivity index (χ3n) is 3.78. The summed E-state index contributed by atoms with van der Waals surface area (Å²) in [4.78, 5) is 0. The fourth-order valence-electron chi connectivity index (χ4n) is 2.78. The van der Waals surface area contributed by atoms with E-state index in [0.717, 1.165) is 29.1 Å². The van der Waals surface area contributed by atoms with Crippen LogP contribution in [-0.4, -0.2) is 17.8 Å². The van der Waals surface area contributed by atoms with Crippen LogP contribution in [0.15, 0.2) is 30.3 Å². The molecule has 2 aromatic rings. The van der Waals surface area contributed by atoms with Crippen LogP contribution in [0.1, 0.15) is 28.8 Å². The van der Waals surface area contributed by atoms with E-state index in [-0.39, 0.29) is 0 Å². The molecule has 1 fully saturated rings. The third-order valence-corrected chi connectivity index (χ3v) is 3.78. The Morgan fingerprint density at radius 3 is 2.41 bits per heavy atom. The lowest BCUT2D eigenvalue weighted by Gasteiger charge is -2.14. The van der Waals surface area contributed by atoms with Crippen molar-refractivity contribution in [1.82, 2.24) is 4.57 Å². The van der Waals surface area contributed by atoms with Gasteiger partial charge in [-0.2, -0.15) is 13.2 Å². The fraction of sp³-hybridized carbons (Fsp3) is 0.375. The minimum Gasteiger partial charge on any atom is -0.346 e. The molecule has 0 spiro atoms. The number of hydrogen-bond donors (Lipinski definition) is 0. The molecular formula is C16H16F3NO2. The number of rotatable bonds is 2. The van der Waals surface area contributed by atoms with Crippen molar-refractivity contribution in [2.75, 3.05) is 13.2 Å². The number of aryl methyl sites for hydroxylation is 1. The van der Waals surface area contributed by atoms with Gasteiger partial charge in [0, 0.05) is 22.6 Å². The van der Waals surface area contributed by atoms with Crippen LogP contribution in [0.4, 0.5) is 13.2 Å². The Kier molecular flexibility index (Phi) is 3.74. The highest BCUT2D eigenvalue weighted by atomic mass is 19.4. The SMILES string of the molecule is Cc1cc(C2OCCO2)c(C)n1-c1cccc(C(F)(F)F)c1. The van der Waals surface area contributed by atoms with Crippen LogP contribution in [-0.2, 0) is 15.7 Å². The molecular weight excluding hydrogens is 295 g/mol. The second-order valence-corrected chi connectivity index (χ2v) is 5.28. The number of halogens is 3. The Hall–Kier alpha value is -1.79. The molecule has 0 bridgehead atoms. The van der Waals surface area contributed by atoms with Gasteiger partial charge in [-0.25, -0.2) is 0 Å². The number of aromatic nitrogens is 1. The molecule has 3 rings (SSSR count). The number of benzene rings is 1. The van der Waals surface area contributed by atoms with Crippen LogP contribution in [0.2, 0.25) is 0 Å². The smallest absolute Gasteiger partial charge is 0.346 e. The summed E-state index contributed by atoms with van der Waals surface area (Å²) in [6.45, 7) is 4.76. The van der Waals surface area contributed by atoms with Crippen molar-refractivity contribution in [2.45, 2.75) is 26.3 Å². The van der Waals surface area contributed by atoms with Gasteiger partial charge in [-0.1, -0.05) is 6.07 Å². The molecule has 1 aromatic heterocycles. The maximum atomic E-state index is 12.9. The maximum Gasteiger partial charge on any atom is 0.416 e. The van der Waals surface area contributed by atoms with E-state index in [0.29, 0.717) is 18.9 Å². The summed E-state index contributed by atoms with van der Waals surface area (Å²) >= 11 is 0. The van der Waals surface area contributed by atoms with Gasteiger partial charge in [-0.15, -0.1) is 0 Å². The highest BCUT2D eigenvalue weighted by molar-refractivity contribution is 5.44. The zero-order valence-corrected chi connectivity index (χ0v) is 12.3.